The molecule has 0 aliphatic carbocycles. The van der Waals surface area contributed by atoms with Crippen LogP contribution in [0.2, 0.25) is 0 Å². The van der Waals surface area contributed by atoms with Gasteiger partial charge in [0.25, 0.3) is 0 Å². The molecule has 0 aromatic heterocycles. The van der Waals surface area contributed by atoms with Gasteiger partial charge in [-0.05, 0) is 59.5 Å². The molecule has 1 aliphatic heterocycles. The lowest BCUT2D eigenvalue weighted by Gasteiger charge is -2.27. The maximum absolute atomic E-state index is 10.6. The predicted octanol–water partition coefficient (Wildman–Crippen LogP) is 3.73. The van der Waals surface area contributed by atoms with E-state index in [9.17, 15) is 26.3 Å². The number of halogens is 6. The molecule has 1 fully saturated rings. The van der Waals surface area contributed by atoms with Crippen LogP contribution < -0.4 is 10.6 Å². The number of hydrogen-bond acceptors (Lipinski definition) is 4. The molecule has 12 heteroatoms. The second kappa shape index (κ2) is 14.2. The number of allylic oxidation sites excluding steroid dienone is 2. The van der Waals surface area contributed by atoms with E-state index in [0.717, 1.165) is 6.04 Å². The van der Waals surface area contributed by atoms with Gasteiger partial charge in [0.1, 0.15) is 0 Å². The molecule has 1 saturated heterocycles. The van der Waals surface area contributed by atoms with Gasteiger partial charge >= 0.3 is 24.3 Å². The fraction of sp³-hybridized carbons (Fsp3) is 0.765. The van der Waals surface area contributed by atoms with Gasteiger partial charge in [-0.25, -0.2) is 9.59 Å². The molecule has 0 aromatic rings. The van der Waals surface area contributed by atoms with Crippen molar-refractivity contribution in [3.8, 4) is 0 Å². The Kier molecular flexibility index (Phi) is 14.4. The van der Waals surface area contributed by atoms with Crippen LogP contribution in [0.25, 0.3) is 0 Å². The highest BCUT2D eigenvalue weighted by molar-refractivity contribution is 5.73. The van der Waals surface area contributed by atoms with Crippen molar-refractivity contribution in [1.29, 1.82) is 0 Å². The Morgan fingerprint density at radius 1 is 1.03 bits per heavy atom. The Labute approximate surface area is 165 Å². The summed E-state index contributed by atoms with van der Waals surface area (Å²) in [5.74, 6) is -5.51. The molecule has 0 radical (unpaired) electrons. The number of nitrogens with one attached hydrogen (secondary N) is 2. The molecule has 6 nitrogen and oxygen atoms in total. The van der Waals surface area contributed by atoms with Gasteiger partial charge in [-0.15, -0.1) is 0 Å². The number of carboxylic acids is 2. The van der Waals surface area contributed by atoms with E-state index in [0.29, 0.717) is 6.04 Å². The van der Waals surface area contributed by atoms with Gasteiger partial charge in [-0.2, -0.15) is 26.3 Å². The van der Waals surface area contributed by atoms with Crippen LogP contribution in [0.3, 0.4) is 0 Å². The lowest BCUT2D eigenvalue weighted by molar-refractivity contribution is -0.193. The summed E-state index contributed by atoms with van der Waals surface area (Å²) in [5.41, 5.74) is 1.43. The summed E-state index contributed by atoms with van der Waals surface area (Å²) in [6.07, 6.45) is -2.79. The zero-order valence-electron chi connectivity index (χ0n) is 16.5. The molecular formula is C17H28F6N2O4. The van der Waals surface area contributed by atoms with E-state index in [-0.39, 0.29) is 0 Å². The van der Waals surface area contributed by atoms with Crippen LogP contribution in [0.15, 0.2) is 11.6 Å². The highest BCUT2D eigenvalue weighted by Crippen LogP contribution is 2.13. The third-order valence-corrected chi connectivity index (χ3v) is 3.50. The third kappa shape index (κ3) is 19.3. The van der Waals surface area contributed by atoms with Gasteiger partial charge in [0.2, 0.25) is 0 Å². The van der Waals surface area contributed by atoms with Gasteiger partial charge in [-0.1, -0.05) is 11.6 Å². The van der Waals surface area contributed by atoms with Crippen molar-refractivity contribution in [2.24, 2.45) is 0 Å². The number of alkyl halides is 6. The van der Waals surface area contributed by atoms with Crippen molar-refractivity contribution >= 4 is 11.9 Å². The van der Waals surface area contributed by atoms with Crippen LogP contribution in [0, 0.1) is 0 Å². The normalized spacial score (nSPS) is 15.8. The molecule has 0 aromatic carbocycles. The fourth-order valence-electron chi connectivity index (χ4n) is 2.10. The molecule has 4 N–H and O–H groups in total. The zero-order chi connectivity index (χ0) is 23.3. The molecule has 29 heavy (non-hydrogen) atoms. The summed E-state index contributed by atoms with van der Waals surface area (Å²) in [7, 11) is 0. The Morgan fingerprint density at radius 3 is 1.72 bits per heavy atom. The molecule has 172 valence electrons. The van der Waals surface area contributed by atoms with Crippen molar-refractivity contribution in [2.45, 2.75) is 70.9 Å². The molecule has 1 rings (SSSR count). The van der Waals surface area contributed by atoms with E-state index < -0.39 is 24.3 Å². The number of piperidine rings is 1. The van der Waals surface area contributed by atoms with Gasteiger partial charge in [0.05, 0.1) is 0 Å². The Bertz CT molecular complexity index is 487. The van der Waals surface area contributed by atoms with Crippen LogP contribution in [-0.4, -0.2) is 59.7 Å². The monoisotopic (exact) mass is 438 g/mol. The summed E-state index contributed by atoms with van der Waals surface area (Å²) in [6.45, 7) is 9.01. The van der Waals surface area contributed by atoms with Gasteiger partial charge in [0.15, 0.2) is 0 Å². The Hall–Kier alpha value is -1.82. The van der Waals surface area contributed by atoms with Crippen LogP contribution in [0.4, 0.5) is 26.3 Å². The first-order valence-electron chi connectivity index (χ1n) is 8.77. The van der Waals surface area contributed by atoms with Gasteiger partial charge < -0.3 is 20.8 Å². The first kappa shape index (κ1) is 29.4. The number of carbonyl (C=O) groups is 2. The molecule has 0 spiro atoms. The quantitative estimate of drug-likeness (QED) is 0.386. The third-order valence-electron chi connectivity index (χ3n) is 3.50. The highest BCUT2D eigenvalue weighted by atomic mass is 19.4. The fourth-order valence-corrected chi connectivity index (χ4v) is 2.10. The van der Waals surface area contributed by atoms with Gasteiger partial charge in [-0.3, -0.25) is 0 Å². The van der Waals surface area contributed by atoms with Crippen LogP contribution in [0.5, 0.6) is 0 Å². The number of aliphatic carboxylic acids is 2. The summed E-state index contributed by atoms with van der Waals surface area (Å²) in [4.78, 5) is 17.8. The second-order valence-corrected chi connectivity index (χ2v) is 6.56. The van der Waals surface area contributed by atoms with Crippen molar-refractivity contribution in [3.05, 3.63) is 11.6 Å². The lowest BCUT2D eigenvalue weighted by Crippen LogP contribution is -2.43. The Balaban J connectivity index is 0. The highest BCUT2D eigenvalue weighted by Gasteiger charge is 2.38. The molecule has 1 atom stereocenters. The molecule has 1 aliphatic rings. The minimum absolute atomic E-state index is 0.656. The zero-order valence-corrected chi connectivity index (χ0v) is 16.5. The van der Waals surface area contributed by atoms with E-state index in [1.807, 2.05) is 0 Å². The maximum atomic E-state index is 10.6. The molecule has 1 unspecified atom stereocenters. The van der Waals surface area contributed by atoms with E-state index >= 15 is 0 Å². The summed E-state index contributed by atoms with van der Waals surface area (Å²) < 4.78 is 63.5. The van der Waals surface area contributed by atoms with E-state index in [1.165, 1.54) is 44.3 Å². The average Bonchev–Trinajstić information content (AvgIpc) is 2.54. The summed E-state index contributed by atoms with van der Waals surface area (Å²) in [6, 6.07) is 1.40. The number of carboxylic acid groups (broad SMARTS) is 2. The molecular weight excluding hydrogens is 410 g/mol. The van der Waals surface area contributed by atoms with Crippen LogP contribution in [0.1, 0.15) is 46.5 Å². The van der Waals surface area contributed by atoms with E-state index in [4.69, 9.17) is 19.8 Å². The van der Waals surface area contributed by atoms with Crippen molar-refractivity contribution < 1.29 is 46.1 Å². The largest absolute Gasteiger partial charge is 0.490 e. The van der Waals surface area contributed by atoms with Crippen LogP contribution >= 0.6 is 0 Å². The topological polar surface area (TPSA) is 98.7 Å². The number of hydrogen-bond donors (Lipinski definition) is 4. The van der Waals surface area contributed by atoms with Gasteiger partial charge in [0, 0.05) is 12.1 Å². The number of rotatable bonds is 5. The first-order valence-corrected chi connectivity index (χ1v) is 8.77. The minimum atomic E-state index is -5.08. The summed E-state index contributed by atoms with van der Waals surface area (Å²) in [5, 5.41) is 21.4. The molecule has 0 bridgehead atoms. The lowest BCUT2D eigenvalue weighted by atomic mass is 10.0. The van der Waals surface area contributed by atoms with Crippen molar-refractivity contribution in [3.63, 3.8) is 0 Å². The molecule has 0 amide bonds. The van der Waals surface area contributed by atoms with Crippen molar-refractivity contribution in [2.75, 3.05) is 13.1 Å². The summed E-state index contributed by atoms with van der Waals surface area (Å²) >= 11 is 0. The maximum Gasteiger partial charge on any atom is 0.490 e. The SMILES string of the molecule is CC(C)=CCCC(C)NC1CCNCC1.O=C(O)C(F)(F)F.O=C(O)C(F)(F)F. The average molecular weight is 438 g/mol. The second-order valence-electron chi connectivity index (χ2n) is 6.56. The Morgan fingerprint density at radius 2 is 1.41 bits per heavy atom. The molecule has 0 saturated carbocycles. The smallest absolute Gasteiger partial charge is 0.475 e. The minimum Gasteiger partial charge on any atom is -0.475 e. The molecule has 1 heterocycles. The predicted molar refractivity (Wildman–Crippen MR) is 94.5 cm³/mol. The van der Waals surface area contributed by atoms with E-state index in [2.05, 4.69) is 37.5 Å². The first-order chi connectivity index (χ1) is 13.1. The van der Waals surface area contributed by atoms with E-state index in [1.54, 1.807) is 0 Å². The van der Waals surface area contributed by atoms with Crippen molar-refractivity contribution in [1.82, 2.24) is 10.6 Å². The van der Waals surface area contributed by atoms with Crippen LogP contribution in [-0.2, 0) is 9.59 Å². The standard InChI is InChI=1S/C13H26N2.2C2HF3O2/c1-11(2)5-4-6-12(3)15-13-7-9-14-10-8-13;2*3-2(4,5)1(6)7/h5,12-15H,4,6-10H2,1-3H3;2*(H,6,7).